The average molecular weight is 383 g/mol. The summed E-state index contributed by atoms with van der Waals surface area (Å²) in [4.78, 5) is 20.1. The molecule has 0 spiro atoms. The second-order valence-electron chi connectivity index (χ2n) is 8.02. The Labute approximate surface area is 165 Å². The molecule has 1 heterocycles. The molecule has 1 N–H and O–H groups in total. The van der Waals surface area contributed by atoms with Crippen molar-refractivity contribution in [2.24, 2.45) is 5.16 Å². The van der Waals surface area contributed by atoms with Gasteiger partial charge in [0.15, 0.2) is 6.10 Å². The van der Waals surface area contributed by atoms with Crippen molar-refractivity contribution < 1.29 is 14.0 Å². The van der Waals surface area contributed by atoms with Crippen LogP contribution in [0.4, 0.5) is 9.18 Å². The Kier molecular flexibility index (Phi) is 5.97. The molecule has 0 saturated carbocycles. The molecule has 0 radical (unpaired) electrons. The lowest BCUT2D eigenvalue weighted by Gasteiger charge is -2.29. The van der Waals surface area contributed by atoms with Crippen molar-refractivity contribution in [3.05, 3.63) is 71.5 Å². The monoisotopic (exact) mass is 383 g/mol. The summed E-state index contributed by atoms with van der Waals surface area (Å²) in [5.74, 6) is -0.285. The van der Waals surface area contributed by atoms with Gasteiger partial charge in [0.05, 0.1) is 12.3 Å². The summed E-state index contributed by atoms with van der Waals surface area (Å²) >= 11 is 0. The number of hydrogen-bond donors (Lipinski definition) is 1. The van der Waals surface area contributed by atoms with E-state index >= 15 is 0 Å². The van der Waals surface area contributed by atoms with Crippen molar-refractivity contribution in [1.82, 2.24) is 10.2 Å². The molecule has 0 aliphatic carbocycles. The van der Waals surface area contributed by atoms with Gasteiger partial charge >= 0.3 is 6.03 Å². The number of benzene rings is 2. The Morgan fingerprint density at radius 3 is 2.50 bits per heavy atom. The highest BCUT2D eigenvalue weighted by Crippen LogP contribution is 2.19. The molecule has 5 nitrogen and oxygen atoms in total. The van der Waals surface area contributed by atoms with Gasteiger partial charge in [0, 0.05) is 18.5 Å². The topological polar surface area (TPSA) is 53.9 Å². The molecule has 0 bridgehead atoms. The van der Waals surface area contributed by atoms with E-state index in [4.69, 9.17) is 4.84 Å². The van der Waals surface area contributed by atoms with Gasteiger partial charge in [-0.15, -0.1) is 0 Å². The standard InChI is InChI=1S/C22H26FN3O2/c1-22(2,3)24-21(27)26(14-16-7-5-4-6-8-16)15-19-13-20(25-28-19)17-9-11-18(23)12-10-17/h4-12,19H,13-15H2,1-3H3,(H,24,27). The van der Waals surface area contributed by atoms with Gasteiger partial charge in [-0.2, -0.15) is 0 Å². The highest BCUT2D eigenvalue weighted by Gasteiger charge is 2.28. The number of hydrogen-bond acceptors (Lipinski definition) is 3. The van der Waals surface area contributed by atoms with Crippen LogP contribution >= 0.6 is 0 Å². The van der Waals surface area contributed by atoms with Gasteiger partial charge in [-0.3, -0.25) is 0 Å². The number of halogens is 1. The summed E-state index contributed by atoms with van der Waals surface area (Å²) in [5.41, 5.74) is 2.31. The number of urea groups is 1. The number of nitrogens with zero attached hydrogens (tertiary/aromatic N) is 2. The van der Waals surface area contributed by atoms with E-state index in [1.807, 2.05) is 51.1 Å². The molecule has 1 unspecified atom stereocenters. The molecule has 1 aliphatic rings. The molecule has 2 aromatic carbocycles. The lowest BCUT2D eigenvalue weighted by molar-refractivity contribution is 0.0580. The predicted octanol–water partition coefficient (Wildman–Crippen LogP) is 4.33. The maximum absolute atomic E-state index is 13.1. The Bertz CT molecular complexity index is 829. The quantitative estimate of drug-likeness (QED) is 0.836. The fourth-order valence-corrected chi connectivity index (χ4v) is 3.01. The molecule has 28 heavy (non-hydrogen) atoms. The molecule has 0 fully saturated rings. The Balaban J connectivity index is 1.67. The van der Waals surface area contributed by atoms with Crippen LogP contribution in [0.25, 0.3) is 0 Å². The molecule has 1 aliphatic heterocycles. The van der Waals surface area contributed by atoms with Crippen LogP contribution in [0.3, 0.4) is 0 Å². The second kappa shape index (κ2) is 8.42. The van der Waals surface area contributed by atoms with Crippen LogP contribution in [-0.2, 0) is 11.4 Å². The summed E-state index contributed by atoms with van der Waals surface area (Å²) in [6.07, 6.45) is 0.328. The third-order valence-corrected chi connectivity index (χ3v) is 4.32. The second-order valence-corrected chi connectivity index (χ2v) is 8.02. The number of amides is 2. The zero-order valence-electron chi connectivity index (χ0n) is 16.5. The van der Waals surface area contributed by atoms with Gasteiger partial charge in [-0.1, -0.05) is 47.6 Å². The predicted molar refractivity (Wildman–Crippen MR) is 108 cm³/mol. The maximum atomic E-state index is 13.1. The smallest absolute Gasteiger partial charge is 0.318 e. The van der Waals surface area contributed by atoms with Crippen molar-refractivity contribution >= 4 is 11.7 Å². The van der Waals surface area contributed by atoms with Crippen molar-refractivity contribution in [2.75, 3.05) is 6.54 Å². The fourth-order valence-electron chi connectivity index (χ4n) is 3.01. The van der Waals surface area contributed by atoms with E-state index in [1.165, 1.54) is 12.1 Å². The lowest BCUT2D eigenvalue weighted by atomic mass is 10.0. The highest BCUT2D eigenvalue weighted by molar-refractivity contribution is 6.01. The first kappa shape index (κ1) is 19.9. The summed E-state index contributed by atoms with van der Waals surface area (Å²) in [6.45, 7) is 6.74. The van der Waals surface area contributed by atoms with Crippen molar-refractivity contribution in [2.45, 2.75) is 45.4 Å². The van der Waals surface area contributed by atoms with Crippen molar-refractivity contribution in [1.29, 1.82) is 0 Å². The molecule has 0 aromatic heterocycles. The Morgan fingerprint density at radius 1 is 1.18 bits per heavy atom. The molecule has 2 aromatic rings. The van der Waals surface area contributed by atoms with Gasteiger partial charge in [0.2, 0.25) is 0 Å². The van der Waals surface area contributed by atoms with Gasteiger partial charge in [-0.05, 0) is 44.0 Å². The third-order valence-electron chi connectivity index (χ3n) is 4.32. The first-order valence-electron chi connectivity index (χ1n) is 9.40. The zero-order chi connectivity index (χ0) is 20.1. The first-order valence-corrected chi connectivity index (χ1v) is 9.40. The van der Waals surface area contributed by atoms with Crippen LogP contribution in [0.2, 0.25) is 0 Å². The first-order chi connectivity index (χ1) is 13.3. The molecule has 6 heteroatoms. The highest BCUT2D eigenvalue weighted by atomic mass is 19.1. The van der Waals surface area contributed by atoms with Crippen LogP contribution in [0.1, 0.15) is 38.3 Å². The molecule has 3 rings (SSSR count). The van der Waals surface area contributed by atoms with Crippen LogP contribution < -0.4 is 5.32 Å². The molecule has 0 saturated heterocycles. The fraction of sp³-hybridized carbons (Fsp3) is 0.364. The summed E-state index contributed by atoms with van der Waals surface area (Å²) in [7, 11) is 0. The van der Waals surface area contributed by atoms with Gasteiger partial charge in [0.1, 0.15) is 5.82 Å². The molecule has 148 valence electrons. The maximum Gasteiger partial charge on any atom is 0.318 e. The minimum absolute atomic E-state index is 0.143. The van der Waals surface area contributed by atoms with E-state index in [2.05, 4.69) is 10.5 Å². The van der Waals surface area contributed by atoms with Gasteiger partial charge in [-0.25, -0.2) is 9.18 Å². The van der Waals surface area contributed by atoms with Gasteiger partial charge < -0.3 is 15.1 Å². The Morgan fingerprint density at radius 2 is 1.86 bits per heavy atom. The van der Waals surface area contributed by atoms with Crippen LogP contribution in [0.15, 0.2) is 59.8 Å². The average Bonchev–Trinajstić information content (AvgIpc) is 3.10. The lowest BCUT2D eigenvalue weighted by Crippen LogP contribution is -2.50. The van der Waals surface area contributed by atoms with E-state index in [0.717, 1.165) is 16.8 Å². The molecular formula is C22H26FN3O2. The van der Waals surface area contributed by atoms with Gasteiger partial charge in [0.25, 0.3) is 0 Å². The molecular weight excluding hydrogens is 357 g/mol. The normalized spacial score (nSPS) is 16.3. The third kappa shape index (κ3) is 5.55. The van der Waals surface area contributed by atoms with Crippen molar-refractivity contribution in [3.63, 3.8) is 0 Å². The van der Waals surface area contributed by atoms with E-state index in [9.17, 15) is 9.18 Å². The van der Waals surface area contributed by atoms with Crippen LogP contribution in [-0.4, -0.2) is 34.8 Å². The summed E-state index contributed by atoms with van der Waals surface area (Å²) in [5, 5.41) is 7.16. The minimum atomic E-state index is -0.335. The zero-order valence-corrected chi connectivity index (χ0v) is 16.5. The van der Waals surface area contributed by atoms with E-state index in [0.29, 0.717) is 19.5 Å². The Hall–Kier alpha value is -2.89. The van der Waals surface area contributed by atoms with E-state index in [1.54, 1.807) is 17.0 Å². The minimum Gasteiger partial charge on any atom is -0.390 e. The SMILES string of the molecule is CC(C)(C)NC(=O)N(Cc1ccccc1)CC1CC(c2ccc(F)cc2)=NO1. The van der Waals surface area contributed by atoms with Crippen LogP contribution in [0.5, 0.6) is 0 Å². The number of carbonyl (C=O) groups excluding carboxylic acids is 1. The molecule has 1 atom stereocenters. The summed E-state index contributed by atoms with van der Waals surface area (Å²) in [6, 6.07) is 15.9. The van der Waals surface area contributed by atoms with Crippen LogP contribution in [0, 0.1) is 5.82 Å². The van der Waals surface area contributed by atoms with E-state index < -0.39 is 0 Å². The van der Waals surface area contributed by atoms with E-state index in [-0.39, 0.29) is 23.5 Å². The van der Waals surface area contributed by atoms with Crippen molar-refractivity contribution in [3.8, 4) is 0 Å². The number of oxime groups is 1. The number of rotatable bonds is 5. The number of carbonyl (C=O) groups is 1. The molecule has 2 amide bonds. The largest absolute Gasteiger partial charge is 0.390 e. The number of nitrogens with one attached hydrogen (secondary N) is 1. The summed E-state index contributed by atoms with van der Waals surface area (Å²) < 4.78 is 13.1.